The Labute approximate surface area is 193 Å². The van der Waals surface area contributed by atoms with Gasteiger partial charge in [-0.15, -0.1) is 0 Å². The highest BCUT2D eigenvalue weighted by molar-refractivity contribution is 6.31. The van der Waals surface area contributed by atoms with Crippen LogP contribution in [-0.2, 0) is 6.54 Å². The molecule has 0 spiro atoms. The molecule has 32 heavy (non-hydrogen) atoms. The maximum Gasteiger partial charge on any atom is 0.258 e. The van der Waals surface area contributed by atoms with Gasteiger partial charge in [0.25, 0.3) is 11.8 Å². The van der Waals surface area contributed by atoms with Crippen molar-refractivity contribution in [3.63, 3.8) is 0 Å². The van der Waals surface area contributed by atoms with Crippen molar-refractivity contribution in [2.75, 3.05) is 12.4 Å². The van der Waals surface area contributed by atoms with Gasteiger partial charge in [0.1, 0.15) is 0 Å². The first-order valence-electron chi connectivity index (χ1n) is 11.0. The monoisotopic (exact) mass is 450 g/mol. The first-order chi connectivity index (χ1) is 15.5. The molecule has 0 aliphatic heterocycles. The molecule has 0 unspecified atom stereocenters. The first kappa shape index (κ1) is 22.1. The van der Waals surface area contributed by atoms with Gasteiger partial charge in [0, 0.05) is 35.6 Å². The van der Waals surface area contributed by atoms with Gasteiger partial charge in [-0.3, -0.25) is 14.3 Å². The topological polar surface area (TPSA) is 67.2 Å². The summed E-state index contributed by atoms with van der Waals surface area (Å²) in [5.74, 6) is -0.232. The van der Waals surface area contributed by atoms with Gasteiger partial charge in [0.15, 0.2) is 0 Å². The third kappa shape index (κ3) is 5.19. The van der Waals surface area contributed by atoms with Crippen LogP contribution < -0.4 is 5.32 Å². The molecular weight excluding hydrogens is 424 g/mol. The third-order valence-electron chi connectivity index (χ3n) is 6.02. The molecule has 166 valence electrons. The highest BCUT2D eigenvalue weighted by Crippen LogP contribution is 2.23. The number of nitrogens with one attached hydrogen (secondary N) is 1. The van der Waals surface area contributed by atoms with Gasteiger partial charge in [-0.2, -0.15) is 5.10 Å². The van der Waals surface area contributed by atoms with Crippen LogP contribution in [0.1, 0.15) is 58.4 Å². The summed E-state index contributed by atoms with van der Waals surface area (Å²) in [5.41, 5.74) is 2.64. The number of anilines is 1. The van der Waals surface area contributed by atoms with E-state index in [1.165, 1.54) is 25.5 Å². The molecule has 1 aliphatic carbocycles. The molecule has 0 saturated heterocycles. The van der Waals surface area contributed by atoms with Crippen molar-refractivity contribution in [1.82, 2.24) is 14.7 Å². The number of hydrogen-bond acceptors (Lipinski definition) is 3. The van der Waals surface area contributed by atoms with Crippen molar-refractivity contribution in [3.8, 4) is 0 Å². The average molecular weight is 451 g/mol. The summed E-state index contributed by atoms with van der Waals surface area (Å²) in [6, 6.07) is 14.9. The Morgan fingerprint density at radius 3 is 2.50 bits per heavy atom. The Balaban J connectivity index is 1.36. The minimum Gasteiger partial charge on any atom is -0.339 e. The van der Waals surface area contributed by atoms with Crippen molar-refractivity contribution in [1.29, 1.82) is 0 Å². The molecule has 7 heteroatoms. The smallest absolute Gasteiger partial charge is 0.258 e. The van der Waals surface area contributed by atoms with Gasteiger partial charge in [-0.25, -0.2) is 0 Å². The number of rotatable bonds is 6. The molecule has 6 nitrogen and oxygen atoms in total. The second kappa shape index (κ2) is 10.0. The highest BCUT2D eigenvalue weighted by atomic mass is 35.5. The van der Waals surface area contributed by atoms with E-state index in [0.29, 0.717) is 34.4 Å². The van der Waals surface area contributed by atoms with Crippen LogP contribution in [0.4, 0.5) is 5.69 Å². The molecule has 1 heterocycles. The Morgan fingerprint density at radius 2 is 1.78 bits per heavy atom. The summed E-state index contributed by atoms with van der Waals surface area (Å²) in [7, 11) is 1.88. The second-order valence-electron chi connectivity index (χ2n) is 8.26. The van der Waals surface area contributed by atoms with Crippen LogP contribution in [0.25, 0.3) is 0 Å². The lowest BCUT2D eigenvalue weighted by molar-refractivity contribution is 0.0696. The molecule has 1 fully saturated rings. The summed E-state index contributed by atoms with van der Waals surface area (Å²) in [6.07, 6.45) is 8.98. The number of halogens is 1. The fourth-order valence-corrected chi connectivity index (χ4v) is 4.30. The molecule has 1 N–H and O–H groups in total. The Kier molecular flexibility index (Phi) is 6.90. The zero-order chi connectivity index (χ0) is 22.5. The Morgan fingerprint density at radius 1 is 1.06 bits per heavy atom. The van der Waals surface area contributed by atoms with Crippen LogP contribution in [-0.4, -0.2) is 39.6 Å². The minimum atomic E-state index is -0.256. The van der Waals surface area contributed by atoms with E-state index in [-0.39, 0.29) is 11.8 Å². The molecular formula is C25H27ClN4O2. The van der Waals surface area contributed by atoms with Crippen molar-refractivity contribution in [2.24, 2.45) is 0 Å². The summed E-state index contributed by atoms with van der Waals surface area (Å²) >= 11 is 6.20. The molecule has 0 bridgehead atoms. The van der Waals surface area contributed by atoms with E-state index >= 15 is 0 Å². The third-order valence-corrected chi connectivity index (χ3v) is 6.39. The second-order valence-corrected chi connectivity index (χ2v) is 8.66. The van der Waals surface area contributed by atoms with Gasteiger partial charge in [-0.1, -0.05) is 49.1 Å². The SMILES string of the molecule is CN(C(=O)c1ccc(NC(=O)c2cnn(Cc3ccccc3Cl)c2)cc1)C1CCCCC1. The zero-order valence-electron chi connectivity index (χ0n) is 18.1. The Hall–Kier alpha value is -3.12. The molecule has 0 radical (unpaired) electrons. The normalized spacial score (nSPS) is 14.2. The fourth-order valence-electron chi connectivity index (χ4n) is 4.11. The Bertz CT molecular complexity index is 1090. The van der Waals surface area contributed by atoms with Crippen LogP contribution in [0.3, 0.4) is 0 Å². The molecule has 1 aliphatic rings. The van der Waals surface area contributed by atoms with Gasteiger partial charge in [0.2, 0.25) is 0 Å². The quantitative estimate of drug-likeness (QED) is 0.558. The summed E-state index contributed by atoms with van der Waals surface area (Å²) < 4.78 is 1.68. The zero-order valence-corrected chi connectivity index (χ0v) is 18.9. The van der Waals surface area contributed by atoms with Crippen LogP contribution in [0.15, 0.2) is 60.9 Å². The van der Waals surface area contributed by atoms with E-state index in [9.17, 15) is 9.59 Å². The summed E-state index contributed by atoms with van der Waals surface area (Å²) in [6.45, 7) is 0.484. The molecule has 1 aromatic heterocycles. The molecule has 1 saturated carbocycles. The number of nitrogens with zero attached hydrogens (tertiary/aromatic N) is 3. The van der Waals surface area contributed by atoms with Crippen molar-refractivity contribution < 1.29 is 9.59 Å². The van der Waals surface area contributed by atoms with Gasteiger partial charge in [-0.05, 0) is 48.7 Å². The predicted octanol–water partition coefficient (Wildman–Crippen LogP) is 5.24. The number of benzene rings is 2. The molecule has 3 aromatic rings. The molecule has 2 amide bonds. The lowest BCUT2D eigenvalue weighted by Gasteiger charge is -2.31. The maximum atomic E-state index is 12.8. The number of aromatic nitrogens is 2. The molecule has 4 rings (SSSR count). The largest absolute Gasteiger partial charge is 0.339 e. The van der Waals surface area contributed by atoms with Crippen LogP contribution in [0, 0.1) is 0 Å². The van der Waals surface area contributed by atoms with Gasteiger partial charge < -0.3 is 10.2 Å². The fraction of sp³-hybridized carbons (Fsp3) is 0.320. The molecule has 0 atom stereocenters. The van der Waals surface area contributed by atoms with E-state index in [1.54, 1.807) is 35.1 Å². The number of amides is 2. The van der Waals surface area contributed by atoms with Crippen LogP contribution >= 0.6 is 11.6 Å². The minimum absolute atomic E-state index is 0.0237. The van der Waals surface area contributed by atoms with E-state index in [4.69, 9.17) is 11.6 Å². The lowest BCUT2D eigenvalue weighted by Crippen LogP contribution is -2.38. The van der Waals surface area contributed by atoms with Crippen LogP contribution in [0.5, 0.6) is 0 Å². The maximum absolute atomic E-state index is 12.8. The van der Waals surface area contributed by atoms with Gasteiger partial charge in [0.05, 0.1) is 18.3 Å². The van der Waals surface area contributed by atoms with E-state index < -0.39 is 0 Å². The summed E-state index contributed by atoms with van der Waals surface area (Å²) in [4.78, 5) is 27.3. The number of hydrogen-bond donors (Lipinski definition) is 1. The van der Waals surface area contributed by atoms with Gasteiger partial charge >= 0.3 is 0 Å². The van der Waals surface area contributed by atoms with E-state index in [0.717, 1.165) is 18.4 Å². The van der Waals surface area contributed by atoms with Crippen molar-refractivity contribution >= 4 is 29.1 Å². The van der Waals surface area contributed by atoms with Crippen molar-refractivity contribution in [3.05, 3.63) is 82.6 Å². The summed E-state index contributed by atoms with van der Waals surface area (Å²) in [5, 5.41) is 7.79. The number of carbonyl (C=O) groups excluding carboxylic acids is 2. The standard InChI is InChI=1S/C25H27ClN4O2/c1-29(22-8-3-2-4-9-22)25(32)18-11-13-21(14-12-18)28-24(31)20-15-27-30(17-20)16-19-7-5-6-10-23(19)26/h5-7,10-15,17,22H,2-4,8-9,16H2,1H3,(H,28,31). The average Bonchev–Trinajstić information content (AvgIpc) is 3.29. The van der Waals surface area contributed by atoms with Crippen molar-refractivity contribution in [2.45, 2.75) is 44.7 Å². The van der Waals surface area contributed by atoms with E-state index in [2.05, 4.69) is 10.4 Å². The predicted molar refractivity (Wildman–Crippen MR) is 126 cm³/mol. The highest BCUT2D eigenvalue weighted by Gasteiger charge is 2.23. The first-order valence-corrected chi connectivity index (χ1v) is 11.3. The number of carbonyl (C=O) groups is 2. The van der Waals surface area contributed by atoms with E-state index in [1.807, 2.05) is 36.2 Å². The lowest BCUT2D eigenvalue weighted by atomic mass is 9.94. The van der Waals surface area contributed by atoms with Crippen LogP contribution in [0.2, 0.25) is 5.02 Å². The molecule has 2 aromatic carbocycles.